The Bertz CT molecular complexity index is 997. The number of nitrogens with one attached hydrogen (secondary N) is 4. The van der Waals surface area contributed by atoms with Gasteiger partial charge in [-0.25, -0.2) is 4.79 Å². The molecule has 3 aromatic rings. The number of hydrogen-bond donors (Lipinski definition) is 4. The van der Waals surface area contributed by atoms with Gasteiger partial charge in [-0.3, -0.25) is 9.59 Å². The van der Waals surface area contributed by atoms with Crippen LogP contribution in [0.4, 0.5) is 21.9 Å². The number of carbonyl (C=O) groups is 3. The fourth-order valence-corrected chi connectivity index (χ4v) is 2.69. The van der Waals surface area contributed by atoms with Gasteiger partial charge in [0, 0.05) is 24.0 Å². The van der Waals surface area contributed by atoms with Crippen molar-refractivity contribution in [2.75, 3.05) is 16.0 Å². The Morgan fingerprint density at radius 2 is 1.40 bits per heavy atom. The van der Waals surface area contributed by atoms with Gasteiger partial charge in [0.15, 0.2) is 0 Å². The van der Waals surface area contributed by atoms with Crippen molar-refractivity contribution in [1.29, 1.82) is 0 Å². The number of carbonyl (C=O) groups excluding carboxylic acids is 3. The number of amides is 4. The van der Waals surface area contributed by atoms with Crippen molar-refractivity contribution in [3.05, 3.63) is 78.3 Å². The van der Waals surface area contributed by atoms with Crippen LogP contribution in [0.5, 0.6) is 0 Å². The molecule has 4 amide bonds. The third kappa shape index (κ3) is 6.52. The Hall–Kier alpha value is -4.07. The molecule has 0 bridgehead atoms. The van der Waals surface area contributed by atoms with E-state index in [1.54, 1.807) is 66.9 Å². The lowest BCUT2D eigenvalue weighted by Gasteiger charge is -2.09. The summed E-state index contributed by atoms with van der Waals surface area (Å²) in [6.45, 7) is 1.73. The highest BCUT2D eigenvalue weighted by atomic mass is 16.3. The molecule has 30 heavy (non-hydrogen) atoms. The van der Waals surface area contributed by atoms with Crippen LogP contribution in [0.2, 0.25) is 0 Å². The number of urea groups is 1. The van der Waals surface area contributed by atoms with E-state index in [0.717, 1.165) is 5.56 Å². The fourth-order valence-electron chi connectivity index (χ4n) is 2.69. The monoisotopic (exact) mass is 406 g/mol. The first kappa shape index (κ1) is 20.7. The average Bonchev–Trinajstić information content (AvgIpc) is 3.23. The van der Waals surface area contributed by atoms with Crippen molar-refractivity contribution >= 4 is 34.9 Å². The molecule has 0 unspecified atom stereocenters. The molecule has 0 saturated heterocycles. The molecule has 1 heterocycles. The van der Waals surface area contributed by atoms with Crippen molar-refractivity contribution in [2.24, 2.45) is 0 Å². The quantitative estimate of drug-likeness (QED) is 0.479. The van der Waals surface area contributed by atoms with E-state index in [2.05, 4.69) is 21.3 Å². The van der Waals surface area contributed by atoms with Crippen LogP contribution in [0.25, 0.3) is 0 Å². The molecule has 8 nitrogen and oxygen atoms in total. The summed E-state index contributed by atoms with van der Waals surface area (Å²) in [7, 11) is 0. The van der Waals surface area contributed by atoms with Crippen LogP contribution >= 0.6 is 0 Å². The Kier molecular flexibility index (Phi) is 6.83. The highest BCUT2D eigenvalue weighted by Crippen LogP contribution is 2.15. The number of furan rings is 1. The third-order valence-corrected chi connectivity index (χ3v) is 4.07. The lowest BCUT2D eigenvalue weighted by Crippen LogP contribution is -2.27. The van der Waals surface area contributed by atoms with Gasteiger partial charge in [-0.15, -0.1) is 0 Å². The number of hydrogen-bond acceptors (Lipinski definition) is 4. The van der Waals surface area contributed by atoms with E-state index in [0.29, 0.717) is 29.4 Å². The van der Waals surface area contributed by atoms with E-state index in [1.165, 1.54) is 6.92 Å². The molecule has 1 aromatic heterocycles. The summed E-state index contributed by atoms with van der Waals surface area (Å²) in [5.41, 5.74) is 2.73. The second-order valence-corrected chi connectivity index (χ2v) is 6.57. The summed E-state index contributed by atoms with van der Waals surface area (Å²) < 4.78 is 5.15. The van der Waals surface area contributed by atoms with Crippen LogP contribution < -0.4 is 21.3 Å². The summed E-state index contributed by atoms with van der Waals surface area (Å²) in [6, 6.07) is 17.1. The molecule has 8 heteroatoms. The van der Waals surface area contributed by atoms with Gasteiger partial charge in [-0.1, -0.05) is 12.1 Å². The zero-order valence-electron chi connectivity index (χ0n) is 16.4. The Morgan fingerprint density at radius 1 is 0.800 bits per heavy atom. The standard InChI is InChI=1S/C22H22N4O4/c1-15(27)24-17-6-4-16(5-7-17)13-21(28)25-18-8-10-19(11-9-18)26-22(29)23-14-20-3-2-12-30-20/h2-12H,13-14H2,1H3,(H,24,27)(H,25,28)(H2,23,26,29). The molecule has 0 aliphatic carbocycles. The molecule has 0 aliphatic rings. The summed E-state index contributed by atoms with van der Waals surface area (Å²) in [4.78, 5) is 35.2. The lowest BCUT2D eigenvalue weighted by molar-refractivity contribution is -0.116. The second-order valence-electron chi connectivity index (χ2n) is 6.57. The van der Waals surface area contributed by atoms with Crippen molar-refractivity contribution in [2.45, 2.75) is 19.9 Å². The topological polar surface area (TPSA) is 112 Å². The molecule has 2 aromatic carbocycles. The fraction of sp³-hybridized carbons (Fsp3) is 0.136. The smallest absolute Gasteiger partial charge is 0.319 e. The van der Waals surface area contributed by atoms with Crippen LogP contribution in [-0.2, 0) is 22.6 Å². The van der Waals surface area contributed by atoms with E-state index in [1.807, 2.05) is 0 Å². The van der Waals surface area contributed by atoms with E-state index in [9.17, 15) is 14.4 Å². The van der Waals surface area contributed by atoms with Crippen molar-refractivity contribution in [3.8, 4) is 0 Å². The zero-order valence-corrected chi connectivity index (χ0v) is 16.4. The minimum atomic E-state index is -0.356. The molecule has 0 spiro atoms. The first-order valence-electron chi connectivity index (χ1n) is 9.31. The molecule has 0 fully saturated rings. The minimum Gasteiger partial charge on any atom is -0.467 e. The van der Waals surface area contributed by atoms with E-state index < -0.39 is 0 Å². The Labute approximate surface area is 173 Å². The molecule has 0 atom stereocenters. The number of rotatable bonds is 7. The van der Waals surface area contributed by atoms with E-state index in [-0.39, 0.29) is 24.3 Å². The van der Waals surface area contributed by atoms with Gasteiger partial charge in [0.2, 0.25) is 11.8 Å². The van der Waals surface area contributed by atoms with Crippen LogP contribution in [-0.4, -0.2) is 17.8 Å². The maximum absolute atomic E-state index is 12.2. The summed E-state index contributed by atoms with van der Waals surface area (Å²) >= 11 is 0. The molecule has 4 N–H and O–H groups in total. The first-order valence-corrected chi connectivity index (χ1v) is 9.31. The number of anilines is 3. The molecule has 0 saturated carbocycles. The largest absolute Gasteiger partial charge is 0.467 e. The molecule has 154 valence electrons. The summed E-state index contributed by atoms with van der Waals surface area (Å²) in [5.74, 6) is 0.348. The lowest BCUT2D eigenvalue weighted by atomic mass is 10.1. The van der Waals surface area contributed by atoms with Gasteiger partial charge in [-0.2, -0.15) is 0 Å². The predicted molar refractivity (Wildman–Crippen MR) is 114 cm³/mol. The zero-order chi connectivity index (χ0) is 21.3. The SMILES string of the molecule is CC(=O)Nc1ccc(CC(=O)Nc2ccc(NC(=O)NCc3ccco3)cc2)cc1. The van der Waals surface area contributed by atoms with Gasteiger partial charge >= 0.3 is 6.03 Å². The highest BCUT2D eigenvalue weighted by molar-refractivity contribution is 5.93. The maximum Gasteiger partial charge on any atom is 0.319 e. The predicted octanol–water partition coefficient (Wildman–Crippen LogP) is 3.74. The summed E-state index contributed by atoms with van der Waals surface area (Å²) in [6.07, 6.45) is 1.75. The first-order chi connectivity index (χ1) is 14.5. The van der Waals surface area contributed by atoms with Gasteiger partial charge in [-0.05, 0) is 54.1 Å². The summed E-state index contributed by atoms with van der Waals surface area (Å²) in [5, 5.41) is 10.9. The minimum absolute atomic E-state index is 0.145. The molecular weight excluding hydrogens is 384 g/mol. The van der Waals surface area contributed by atoms with Gasteiger partial charge in [0.25, 0.3) is 0 Å². The van der Waals surface area contributed by atoms with Crippen molar-refractivity contribution in [3.63, 3.8) is 0 Å². The Balaban J connectivity index is 1.45. The van der Waals surface area contributed by atoms with Crippen LogP contribution in [0.3, 0.4) is 0 Å². The normalized spacial score (nSPS) is 10.2. The average molecular weight is 406 g/mol. The van der Waals surface area contributed by atoms with E-state index >= 15 is 0 Å². The molecule has 0 radical (unpaired) electrons. The molecule has 3 rings (SSSR count). The van der Waals surface area contributed by atoms with E-state index in [4.69, 9.17) is 4.42 Å². The van der Waals surface area contributed by atoms with Crippen LogP contribution in [0.1, 0.15) is 18.2 Å². The second kappa shape index (κ2) is 9.92. The Morgan fingerprint density at radius 3 is 2.00 bits per heavy atom. The van der Waals surface area contributed by atoms with Crippen molar-refractivity contribution in [1.82, 2.24) is 5.32 Å². The third-order valence-electron chi connectivity index (χ3n) is 4.07. The molecular formula is C22H22N4O4. The van der Waals surface area contributed by atoms with Crippen LogP contribution in [0.15, 0.2) is 71.3 Å². The molecule has 0 aliphatic heterocycles. The van der Waals surface area contributed by atoms with Gasteiger partial charge in [0.1, 0.15) is 5.76 Å². The number of benzene rings is 2. The van der Waals surface area contributed by atoms with Crippen LogP contribution in [0, 0.1) is 0 Å². The highest BCUT2D eigenvalue weighted by Gasteiger charge is 2.06. The van der Waals surface area contributed by atoms with Gasteiger partial charge < -0.3 is 25.7 Å². The van der Waals surface area contributed by atoms with Gasteiger partial charge in [0.05, 0.1) is 19.2 Å². The maximum atomic E-state index is 12.2. The van der Waals surface area contributed by atoms with Crippen molar-refractivity contribution < 1.29 is 18.8 Å².